The van der Waals surface area contributed by atoms with Gasteiger partial charge in [-0.3, -0.25) is 43.9 Å². The monoisotopic (exact) mass is 2700 g/mol. The number of ketones is 5. The molecule has 0 aliphatic heterocycles. The number of pyridine rings is 5. The zero-order valence-electron chi connectivity index (χ0n) is 78.2. The molecule has 0 saturated heterocycles. The normalized spacial score (nSPS) is 10.7. The van der Waals surface area contributed by atoms with Crippen LogP contribution < -0.4 is 0 Å². The third-order valence-corrected chi connectivity index (χ3v) is 18.6. The fourth-order valence-corrected chi connectivity index (χ4v) is 13.0. The number of para-hydroxylation sites is 4. The van der Waals surface area contributed by atoms with Crippen LogP contribution in [-0.2, 0) is 130 Å². The van der Waals surface area contributed by atoms with Gasteiger partial charge in [-0.05, 0) is 166 Å². The van der Waals surface area contributed by atoms with Gasteiger partial charge in [0.2, 0.25) is 0 Å². The predicted molar refractivity (Wildman–Crippen MR) is 537 cm³/mol. The van der Waals surface area contributed by atoms with E-state index < -0.39 is 0 Å². The number of aliphatic hydroxyl groups excluding tert-OH is 5. The molecule has 0 aliphatic rings. The van der Waals surface area contributed by atoms with Crippen LogP contribution in [0.4, 0.5) is 0 Å². The van der Waals surface area contributed by atoms with E-state index in [4.69, 9.17) is 40.5 Å². The molecule has 17 rings (SSSR count). The largest absolute Gasteiger partial charge is 0.512 e. The van der Waals surface area contributed by atoms with Crippen molar-refractivity contribution in [2.24, 2.45) is 0 Å². The summed E-state index contributed by atoms with van der Waals surface area (Å²) < 4.78 is 0. The van der Waals surface area contributed by atoms with Crippen LogP contribution in [0.25, 0.3) is 133 Å². The minimum atomic E-state index is -0.125. The van der Waals surface area contributed by atoms with E-state index in [1.807, 2.05) is 152 Å². The van der Waals surface area contributed by atoms with Gasteiger partial charge in [-0.15, -0.1) is 165 Å². The molecule has 0 unspecified atom stereocenters. The maximum absolute atomic E-state index is 10.0. The SMILES string of the molecule is CC(=O)C=C(C)O.CC(=O)C=C(C)O.CC(=O)C=C(C)O.CC(=O)C=C(C)O.CC(=O)C=C(C)O.CC(C)(C)c1c[c-]c(-c2nccc3ccccc23)cc1.Cc1[c-]c(-c2ccc3ccccc3n2)cc(C)c1.[Ir].[Ir].[Ir].[Ir].[Ir].[c-]1cc(-c2ccccc2)ccc1-c1ccc2ccccc2n1.[c-]1cc2ccccc2cc1-c1ccc2ccccc2n1.[c-]1ccccc1-c1ccc2ccccc2n1. The molecule has 17 aromatic rings. The van der Waals surface area contributed by atoms with Crippen molar-refractivity contribution in [2.45, 2.75) is 109 Å². The quantitative estimate of drug-likeness (QED) is 0.0459. The van der Waals surface area contributed by atoms with E-state index in [1.54, 1.807) is 0 Å². The predicted octanol–water partition coefficient (Wildman–Crippen LogP) is 28.4. The number of aliphatic hydroxyl groups is 5. The van der Waals surface area contributed by atoms with Gasteiger partial charge in [-0.25, -0.2) is 0 Å². The molecule has 0 atom stereocenters. The zero-order chi connectivity index (χ0) is 94.9. The molecule has 20 heteroatoms. The molecule has 136 heavy (non-hydrogen) atoms. The van der Waals surface area contributed by atoms with Gasteiger partial charge in [-0.2, -0.15) is 0 Å². The molecule has 5 heterocycles. The van der Waals surface area contributed by atoms with E-state index in [0.717, 1.165) is 94.7 Å². The van der Waals surface area contributed by atoms with Crippen molar-refractivity contribution in [3.8, 4) is 67.4 Å². The number of aromatic nitrogens is 5. The number of nitrogens with zero attached hydrogens (tertiary/aromatic N) is 5. The van der Waals surface area contributed by atoms with Gasteiger partial charge >= 0.3 is 0 Å². The average Bonchev–Trinajstić information content (AvgIpc) is 0.810. The van der Waals surface area contributed by atoms with Gasteiger partial charge < -0.3 is 30.5 Å². The van der Waals surface area contributed by atoms with Crippen LogP contribution >= 0.6 is 0 Å². The van der Waals surface area contributed by atoms with Crippen molar-refractivity contribution in [1.29, 1.82) is 0 Å². The van der Waals surface area contributed by atoms with E-state index >= 15 is 0 Å². The van der Waals surface area contributed by atoms with Crippen molar-refractivity contribution in [3.05, 3.63) is 428 Å². The molecule has 5 aromatic heterocycles. The number of fused-ring (bicyclic) bond motifs is 6. The van der Waals surface area contributed by atoms with Crippen molar-refractivity contribution in [1.82, 2.24) is 24.9 Å². The Labute approximate surface area is 865 Å². The second kappa shape index (κ2) is 60.6. The molecule has 707 valence electrons. The molecular formula is C116H108Ir5N5O10-5. The van der Waals surface area contributed by atoms with Gasteiger partial charge in [0.05, 0.1) is 50.9 Å². The molecular weight excluding hydrogens is 2580 g/mol. The maximum atomic E-state index is 10.0. The number of allylic oxidation sites excluding steroid dienone is 10. The Hall–Kier alpha value is -12.8. The minimum absolute atomic E-state index is 0. The second-order valence-corrected chi connectivity index (χ2v) is 31.5. The smallest absolute Gasteiger partial charge is 0.155 e. The van der Waals surface area contributed by atoms with Crippen LogP contribution in [0, 0.1) is 44.2 Å². The van der Waals surface area contributed by atoms with Crippen LogP contribution in [-0.4, -0.2) is 79.4 Å². The van der Waals surface area contributed by atoms with E-state index in [2.05, 4.69) is 245 Å². The summed E-state index contributed by atoms with van der Waals surface area (Å²) in [4.78, 5) is 73.4. The Morgan fingerprint density at radius 1 is 0.294 bits per heavy atom. The third-order valence-electron chi connectivity index (χ3n) is 18.6. The summed E-state index contributed by atoms with van der Waals surface area (Å²) in [5.41, 5.74) is 20.4. The van der Waals surface area contributed by atoms with Gasteiger partial charge in [0.1, 0.15) is 0 Å². The second-order valence-electron chi connectivity index (χ2n) is 31.5. The Balaban J connectivity index is 0.000000400. The number of carbonyl (C=O) groups is 5. The number of aryl methyl sites for hydroxylation is 2. The Morgan fingerprint density at radius 3 is 1.01 bits per heavy atom. The van der Waals surface area contributed by atoms with Crippen LogP contribution in [0.15, 0.2) is 381 Å². The summed E-state index contributed by atoms with van der Waals surface area (Å²) in [6.45, 7) is 25.1. The average molecular weight is 2690 g/mol. The van der Waals surface area contributed by atoms with Crippen LogP contribution in [0.2, 0.25) is 0 Å². The fourth-order valence-electron chi connectivity index (χ4n) is 13.0. The number of benzene rings is 12. The molecule has 12 aromatic carbocycles. The van der Waals surface area contributed by atoms with E-state index in [1.165, 1.54) is 154 Å². The molecule has 0 aliphatic carbocycles. The van der Waals surface area contributed by atoms with E-state index in [-0.39, 0.29) is 164 Å². The molecule has 0 saturated carbocycles. The van der Waals surface area contributed by atoms with Crippen molar-refractivity contribution < 1.29 is 150 Å². The number of rotatable bonds is 11. The summed E-state index contributed by atoms with van der Waals surface area (Å²) in [6, 6.07) is 124. The third kappa shape index (κ3) is 41.2. The van der Waals surface area contributed by atoms with Crippen molar-refractivity contribution in [3.63, 3.8) is 0 Å². The molecule has 0 bridgehead atoms. The van der Waals surface area contributed by atoms with Gasteiger partial charge in [0, 0.05) is 137 Å². The fraction of sp³-hybridized carbons (Fsp3) is 0.138. The van der Waals surface area contributed by atoms with Crippen LogP contribution in [0.5, 0.6) is 0 Å². The first kappa shape index (κ1) is 117. The summed E-state index contributed by atoms with van der Waals surface area (Å²) in [7, 11) is 0. The molecule has 5 N–H and O–H groups in total. The number of hydrogen-bond acceptors (Lipinski definition) is 15. The first-order valence-electron chi connectivity index (χ1n) is 42.3. The minimum Gasteiger partial charge on any atom is -0.512 e. The standard InChI is InChI=1S/C21H14N.C19H12N.C19H18N.C17H14N.C15H10N.5C5H8O2.5Ir/c1-2-6-16(7-3-1)17-10-12-19(13-11-17)21-15-14-18-8-4-5-9-20(18)22-21;1-2-7-16-13-17(10-9-14(16)5-1)19-12-11-15-6-3-4-8-18(15)20-19;1-19(2,3)16-10-8-15(9-11-16)18-17-7-5-4-6-14(17)12-13-20-18;1-12-9-13(2)11-15(10-12)17-8-7-14-5-3-4-6-16(14)18-17;1-2-6-12(7-3-1)15-11-10-13-8-4-5-9-14(13)16-15;5*1-4(6)3-5(2)7;;;;;/h1-12,14-15H;1-9,11-13H;4-8,10-13H,1-3H3;3-10H,1-2H3;1-6,8-11H;5*3,6H,1-2H3;;;;;/q5*-1;;;;;;;;;;. The Morgan fingerprint density at radius 2 is 0.647 bits per heavy atom. The summed E-state index contributed by atoms with van der Waals surface area (Å²) in [5.74, 6) is -0.312. The van der Waals surface area contributed by atoms with E-state index in [0.29, 0.717) is 0 Å². The topological polar surface area (TPSA) is 251 Å². The van der Waals surface area contributed by atoms with Crippen LogP contribution in [0.1, 0.15) is 107 Å². The van der Waals surface area contributed by atoms with Gasteiger partial charge in [0.15, 0.2) is 28.9 Å². The molecule has 5 radical (unpaired) electrons. The number of carbonyl (C=O) groups excluding carboxylic acids is 5. The number of hydrogen-bond donors (Lipinski definition) is 5. The molecule has 0 fully saturated rings. The zero-order valence-corrected chi connectivity index (χ0v) is 90.1. The summed E-state index contributed by atoms with van der Waals surface area (Å²) >= 11 is 0. The van der Waals surface area contributed by atoms with E-state index in [9.17, 15) is 24.0 Å². The first-order chi connectivity index (χ1) is 62.6. The van der Waals surface area contributed by atoms with Crippen molar-refractivity contribution in [2.75, 3.05) is 0 Å². The summed E-state index contributed by atoms with van der Waals surface area (Å²) in [5, 5.41) is 51.3. The first-order valence-corrected chi connectivity index (χ1v) is 42.3. The molecule has 0 spiro atoms. The Bertz CT molecular complexity index is 6620. The Kier molecular flexibility index (Phi) is 52.3. The van der Waals surface area contributed by atoms with Gasteiger partial charge in [0.25, 0.3) is 0 Å². The van der Waals surface area contributed by atoms with Crippen LogP contribution in [0.3, 0.4) is 0 Å². The molecule has 0 amide bonds. The van der Waals surface area contributed by atoms with Crippen molar-refractivity contribution >= 4 is 94.1 Å². The molecule has 15 nitrogen and oxygen atoms in total. The summed E-state index contributed by atoms with van der Waals surface area (Å²) in [6.07, 6.45) is 7.70. The maximum Gasteiger partial charge on any atom is 0.155 e. The van der Waals surface area contributed by atoms with Gasteiger partial charge in [-0.1, -0.05) is 251 Å².